The van der Waals surface area contributed by atoms with Gasteiger partial charge in [0.05, 0.1) is 0 Å². The summed E-state index contributed by atoms with van der Waals surface area (Å²) >= 11 is 9.52. The van der Waals surface area contributed by atoms with Gasteiger partial charge in [-0.3, -0.25) is 4.79 Å². The molecule has 1 unspecified atom stereocenters. The van der Waals surface area contributed by atoms with Gasteiger partial charge >= 0.3 is 0 Å². The Kier molecular flexibility index (Phi) is 4.93. The van der Waals surface area contributed by atoms with Gasteiger partial charge in [0, 0.05) is 5.02 Å². The monoisotopic (exact) mass is 308 g/mol. The van der Waals surface area contributed by atoms with Crippen LogP contribution in [0.1, 0.15) is 6.92 Å². The average Bonchev–Trinajstić information content (AvgIpc) is 2.43. The van der Waals surface area contributed by atoms with Crippen molar-refractivity contribution in [2.45, 2.75) is 13.0 Å². The van der Waals surface area contributed by atoms with Crippen LogP contribution in [0.15, 0.2) is 48.5 Å². The smallest absolute Gasteiger partial charge is 0.226 e. The minimum atomic E-state index is -0.582. The van der Waals surface area contributed by atoms with Crippen molar-refractivity contribution >= 4 is 29.3 Å². The third-order valence-electron chi connectivity index (χ3n) is 2.53. The van der Waals surface area contributed by atoms with Gasteiger partial charge in [0.25, 0.3) is 0 Å². The van der Waals surface area contributed by atoms with Crippen molar-refractivity contribution in [3.05, 3.63) is 53.6 Å². The van der Waals surface area contributed by atoms with Crippen LogP contribution in [0.2, 0.25) is 5.02 Å². The molecular formula is C15H13ClO3S. The second-order valence-electron chi connectivity index (χ2n) is 4.13. The predicted molar refractivity (Wildman–Crippen MR) is 82.1 cm³/mol. The van der Waals surface area contributed by atoms with Crippen molar-refractivity contribution < 1.29 is 14.3 Å². The van der Waals surface area contributed by atoms with E-state index in [0.29, 0.717) is 22.3 Å². The van der Waals surface area contributed by atoms with Gasteiger partial charge in [-0.25, -0.2) is 0 Å². The van der Waals surface area contributed by atoms with Crippen LogP contribution in [0.4, 0.5) is 0 Å². The number of hydrogen-bond donors (Lipinski definition) is 1. The number of hydrogen-bond acceptors (Lipinski definition) is 3. The van der Waals surface area contributed by atoms with Crippen LogP contribution < -0.4 is 9.47 Å². The van der Waals surface area contributed by atoms with Crippen LogP contribution in [0, 0.1) is 0 Å². The Labute approximate surface area is 127 Å². The van der Waals surface area contributed by atoms with E-state index in [1.807, 2.05) is 0 Å². The quantitative estimate of drug-likeness (QED) is 0.834. The van der Waals surface area contributed by atoms with Crippen molar-refractivity contribution in [1.82, 2.24) is 0 Å². The highest BCUT2D eigenvalue weighted by atomic mass is 35.5. The summed E-state index contributed by atoms with van der Waals surface area (Å²) in [7, 11) is 0. The Morgan fingerprint density at radius 1 is 1.00 bits per heavy atom. The topological polar surface area (TPSA) is 35.5 Å². The molecular weight excluding hydrogens is 296 g/mol. The van der Waals surface area contributed by atoms with E-state index in [0.717, 1.165) is 0 Å². The van der Waals surface area contributed by atoms with Crippen LogP contribution in [-0.2, 0) is 4.79 Å². The third-order valence-corrected chi connectivity index (χ3v) is 3.15. The summed E-state index contributed by atoms with van der Waals surface area (Å²) < 4.78 is 11.0. The fourth-order valence-corrected chi connectivity index (χ4v) is 1.66. The molecule has 0 fully saturated rings. The average molecular weight is 309 g/mol. The molecule has 0 bridgehead atoms. The van der Waals surface area contributed by atoms with Crippen LogP contribution in [0.5, 0.6) is 17.2 Å². The van der Waals surface area contributed by atoms with E-state index in [4.69, 9.17) is 21.1 Å². The molecule has 0 spiro atoms. The van der Waals surface area contributed by atoms with E-state index >= 15 is 0 Å². The molecule has 0 amide bonds. The van der Waals surface area contributed by atoms with Gasteiger partial charge in [0.1, 0.15) is 17.2 Å². The molecule has 0 saturated heterocycles. The van der Waals surface area contributed by atoms with E-state index in [2.05, 4.69) is 12.6 Å². The lowest BCUT2D eigenvalue weighted by molar-refractivity contribution is -0.116. The van der Waals surface area contributed by atoms with Crippen LogP contribution >= 0.6 is 24.2 Å². The summed E-state index contributed by atoms with van der Waals surface area (Å²) in [6.45, 7) is 1.65. The molecule has 0 N–H and O–H groups in total. The molecule has 0 radical (unpaired) electrons. The normalized spacial score (nSPS) is 11.8. The molecule has 0 aliphatic carbocycles. The largest absolute Gasteiger partial charge is 0.482 e. The summed E-state index contributed by atoms with van der Waals surface area (Å²) in [4.78, 5) is 11.0. The molecule has 2 rings (SSSR count). The van der Waals surface area contributed by atoms with Crippen LogP contribution in [0.3, 0.4) is 0 Å². The zero-order chi connectivity index (χ0) is 14.5. The molecule has 2 aromatic carbocycles. The fourth-order valence-electron chi connectivity index (χ4n) is 1.48. The van der Waals surface area contributed by atoms with E-state index in [9.17, 15) is 4.79 Å². The number of benzene rings is 2. The van der Waals surface area contributed by atoms with Crippen molar-refractivity contribution in [2.24, 2.45) is 0 Å². The van der Waals surface area contributed by atoms with Gasteiger partial charge in [-0.2, -0.15) is 0 Å². The molecule has 104 valence electrons. The highest BCUT2D eigenvalue weighted by Crippen LogP contribution is 2.25. The van der Waals surface area contributed by atoms with Crippen LogP contribution in [0.25, 0.3) is 0 Å². The molecule has 0 aromatic heterocycles. The lowest BCUT2D eigenvalue weighted by Gasteiger charge is -2.11. The number of ether oxygens (including phenoxy) is 2. The first-order chi connectivity index (χ1) is 9.54. The van der Waals surface area contributed by atoms with E-state index in [-0.39, 0.29) is 5.12 Å². The van der Waals surface area contributed by atoms with Crippen molar-refractivity contribution in [3.8, 4) is 17.2 Å². The number of rotatable bonds is 5. The number of thiol groups is 1. The van der Waals surface area contributed by atoms with Gasteiger partial charge in [-0.1, -0.05) is 11.6 Å². The molecule has 0 aliphatic rings. The maximum atomic E-state index is 11.0. The molecule has 3 nitrogen and oxygen atoms in total. The Morgan fingerprint density at radius 3 is 1.95 bits per heavy atom. The van der Waals surface area contributed by atoms with E-state index in [1.165, 1.54) is 0 Å². The summed E-state index contributed by atoms with van der Waals surface area (Å²) in [6.07, 6.45) is -0.582. The van der Waals surface area contributed by atoms with E-state index < -0.39 is 6.10 Å². The molecule has 0 saturated carbocycles. The maximum Gasteiger partial charge on any atom is 0.226 e. The van der Waals surface area contributed by atoms with Gasteiger partial charge in [-0.15, -0.1) is 12.6 Å². The first-order valence-electron chi connectivity index (χ1n) is 5.97. The molecule has 20 heavy (non-hydrogen) atoms. The van der Waals surface area contributed by atoms with Crippen molar-refractivity contribution in [3.63, 3.8) is 0 Å². The standard InChI is InChI=1S/C15H13ClO3S/c1-10(15(17)20)18-12-6-8-14(9-7-12)19-13-4-2-11(16)3-5-13/h2-10H,1H3,(H,17,20). The van der Waals surface area contributed by atoms with Gasteiger partial charge < -0.3 is 9.47 Å². The molecule has 5 heteroatoms. The van der Waals surface area contributed by atoms with Gasteiger partial charge in [0.15, 0.2) is 6.10 Å². The Morgan fingerprint density at radius 2 is 1.45 bits per heavy atom. The third kappa shape index (κ3) is 4.18. The summed E-state index contributed by atoms with van der Waals surface area (Å²) in [5.74, 6) is 1.95. The summed E-state index contributed by atoms with van der Waals surface area (Å²) in [6, 6.07) is 14.1. The van der Waals surface area contributed by atoms with E-state index in [1.54, 1.807) is 55.5 Å². The molecule has 0 heterocycles. The van der Waals surface area contributed by atoms with Crippen molar-refractivity contribution in [1.29, 1.82) is 0 Å². The highest BCUT2D eigenvalue weighted by Gasteiger charge is 2.09. The Hall–Kier alpha value is -1.65. The summed E-state index contributed by atoms with van der Waals surface area (Å²) in [5, 5.41) is 0.345. The maximum absolute atomic E-state index is 11.0. The molecule has 1 atom stereocenters. The highest BCUT2D eigenvalue weighted by molar-refractivity contribution is 7.96. The predicted octanol–water partition coefficient (Wildman–Crippen LogP) is 4.36. The SMILES string of the molecule is CC(Oc1ccc(Oc2ccc(Cl)cc2)cc1)C(=O)S. The second-order valence-corrected chi connectivity index (χ2v) is 5.00. The number of carbonyl (C=O) groups is 1. The minimum absolute atomic E-state index is 0.313. The van der Waals surface area contributed by atoms with Crippen LogP contribution in [-0.4, -0.2) is 11.2 Å². The lowest BCUT2D eigenvalue weighted by Crippen LogP contribution is -2.18. The fraction of sp³-hybridized carbons (Fsp3) is 0.133. The van der Waals surface area contributed by atoms with Crippen molar-refractivity contribution in [2.75, 3.05) is 0 Å². The number of carbonyl (C=O) groups excluding carboxylic acids is 1. The van der Waals surface area contributed by atoms with Gasteiger partial charge in [-0.05, 0) is 55.5 Å². The molecule has 2 aromatic rings. The Bertz CT molecular complexity index is 581. The molecule has 0 aliphatic heterocycles. The number of halogens is 1. The summed E-state index contributed by atoms with van der Waals surface area (Å²) in [5.41, 5.74) is 0. The first kappa shape index (κ1) is 14.8. The zero-order valence-corrected chi connectivity index (χ0v) is 12.4. The zero-order valence-electron chi connectivity index (χ0n) is 10.7. The first-order valence-corrected chi connectivity index (χ1v) is 6.80. The Balaban J connectivity index is 2.01. The van der Waals surface area contributed by atoms with Gasteiger partial charge in [0.2, 0.25) is 5.12 Å². The minimum Gasteiger partial charge on any atom is -0.482 e. The second kappa shape index (κ2) is 6.68. The lowest BCUT2D eigenvalue weighted by atomic mass is 10.3.